The minimum absolute atomic E-state index is 0.0692. The first-order valence-corrected chi connectivity index (χ1v) is 6.68. The van der Waals surface area contributed by atoms with Gasteiger partial charge in [0.15, 0.2) is 0 Å². The molecule has 1 aliphatic heterocycles. The molecular formula is C12H21N5O2. The molecule has 0 radical (unpaired) electrons. The van der Waals surface area contributed by atoms with Crippen LogP contribution in [0.15, 0.2) is 6.20 Å². The first-order valence-electron chi connectivity index (χ1n) is 6.68. The van der Waals surface area contributed by atoms with Gasteiger partial charge in [0.25, 0.3) is 0 Å². The van der Waals surface area contributed by atoms with Gasteiger partial charge in [0.1, 0.15) is 0 Å². The van der Waals surface area contributed by atoms with Crippen LogP contribution in [0.2, 0.25) is 0 Å². The van der Waals surface area contributed by atoms with Gasteiger partial charge >= 0.3 is 0 Å². The maximum Gasteiger partial charge on any atom is 0.219 e. The number of nitrogens with one attached hydrogen (secondary N) is 1. The number of carbonyl (C=O) groups is 1. The van der Waals surface area contributed by atoms with E-state index < -0.39 is 0 Å². The molecule has 0 saturated carbocycles. The van der Waals surface area contributed by atoms with Gasteiger partial charge < -0.3 is 15.3 Å². The molecule has 106 valence electrons. The molecule has 0 unspecified atom stereocenters. The maximum absolute atomic E-state index is 11.2. The Hall–Kier alpha value is -1.47. The van der Waals surface area contributed by atoms with Crippen LogP contribution in [0.4, 0.5) is 0 Å². The predicted molar refractivity (Wildman–Crippen MR) is 69.2 cm³/mol. The van der Waals surface area contributed by atoms with E-state index in [0.29, 0.717) is 19.1 Å². The molecule has 1 aliphatic rings. The zero-order valence-electron chi connectivity index (χ0n) is 11.2. The van der Waals surface area contributed by atoms with Crippen molar-refractivity contribution in [3.63, 3.8) is 0 Å². The summed E-state index contributed by atoms with van der Waals surface area (Å²) in [5, 5.41) is 20.2. The van der Waals surface area contributed by atoms with Crippen LogP contribution in [0.25, 0.3) is 0 Å². The normalized spacial score (nSPS) is 16.8. The van der Waals surface area contributed by atoms with E-state index in [1.165, 1.54) is 0 Å². The molecule has 1 aromatic rings. The van der Waals surface area contributed by atoms with Gasteiger partial charge in [-0.05, 0) is 12.8 Å². The van der Waals surface area contributed by atoms with Gasteiger partial charge in [0.2, 0.25) is 5.91 Å². The fourth-order valence-corrected chi connectivity index (χ4v) is 2.28. The lowest BCUT2D eigenvalue weighted by atomic mass is 10.1. The van der Waals surface area contributed by atoms with Crippen LogP contribution < -0.4 is 5.32 Å². The van der Waals surface area contributed by atoms with E-state index in [4.69, 9.17) is 5.11 Å². The van der Waals surface area contributed by atoms with E-state index in [9.17, 15) is 4.79 Å². The van der Waals surface area contributed by atoms with E-state index in [1.807, 2.05) is 11.1 Å². The summed E-state index contributed by atoms with van der Waals surface area (Å²) in [4.78, 5) is 13.1. The Morgan fingerprint density at radius 2 is 2.26 bits per heavy atom. The molecule has 1 aromatic heterocycles. The smallest absolute Gasteiger partial charge is 0.219 e. The topological polar surface area (TPSA) is 83.3 Å². The third-order valence-corrected chi connectivity index (χ3v) is 3.43. The van der Waals surface area contributed by atoms with Gasteiger partial charge in [-0.3, -0.25) is 4.79 Å². The Bertz CT molecular complexity index is 412. The number of rotatable bonds is 5. The van der Waals surface area contributed by atoms with Gasteiger partial charge in [0.05, 0.1) is 18.8 Å². The Morgan fingerprint density at radius 1 is 1.53 bits per heavy atom. The average Bonchev–Trinajstić information content (AvgIpc) is 2.85. The lowest BCUT2D eigenvalue weighted by molar-refractivity contribution is -0.129. The number of amides is 1. The molecular weight excluding hydrogens is 246 g/mol. The summed E-state index contributed by atoms with van der Waals surface area (Å²) in [6, 6.07) is 0.429. The summed E-state index contributed by atoms with van der Waals surface area (Å²) in [5.41, 5.74) is 0.877. The molecule has 19 heavy (non-hydrogen) atoms. The quantitative estimate of drug-likeness (QED) is 0.742. The largest absolute Gasteiger partial charge is 0.394 e. The van der Waals surface area contributed by atoms with Crippen molar-refractivity contribution in [2.75, 3.05) is 19.7 Å². The first kappa shape index (κ1) is 14.0. The number of aliphatic hydroxyl groups is 1. The van der Waals surface area contributed by atoms with Crippen molar-refractivity contribution >= 4 is 5.91 Å². The van der Waals surface area contributed by atoms with Gasteiger partial charge in [-0.15, -0.1) is 5.10 Å². The zero-order valence-corrected chi connectivity index (χ0v) is 11.2. The molecule has 7 heteroatoms. The van der Waals surface area contributed by atoms with E-state index >= 15 is 0 Å². The third kappa shape index (κ3) is 4.00. The maximum atomic E-state index is 11.2. The molecule has 0 aromatic carbocycles. The van der Waals surface area contributed by atoms with Crippen molar-refractivity contribution in [2.45, 2.75) is 38.9 Å². The van der Waals surface area contributed by atoms with Crippen LogP contribution in [-0.2, 0) is 17.9 Å². The van der Waals surface area contributed by atoms with Crippen molar-refractivity contribution in [1.82, 2.24) is 25.2 Å². The van der Waals surface area contributed by atoms with Crippen LogP contribution in [0.5, 0.6) is 0 Å². The second kappa shape index (κ2) is 6.63. The SMILES string of the molecule is CC(=O)N1CCC(NCc2cn(CCO)nn2)CC1. The van der Waals surface area contributed by atoms with Crippen molar-refractivity contribution in [3.8, 4) is 0 Å². The lowest BCUT2D eigenvalue weighted by Crippen LogP contribution is -2.43. The van der Waals surface area contributed by atoms with Crippen molar-refractivity contribution in [3.05, 3.63) is 11.9 Å². The minimum Gasteiger partial charge on any atom is -0.394 e. The highest BCUT2D eigenvalue weighted by Gasteiger charge is 2.20. The summed E-state index contributed by atoms with van der Waals surface area (Å²) in [6.07, 6.45) is 3.79. The van der Waals surface area contributed by atoms with Crippen molar-refractivity contribution in [2.24, 2.45) is 0 Å². The Balaban J connectivity index is 1.72. The predicted octanol–water partition coefficient (Wildman–Crippen LogP) is -0.629. The molecule has 2 N–H and O–H groups in total. The summed E-state index contributed by atoms with van der Waals surface area (Å²) >= 11 is 0. The van der Waals surface area contributed by atoms with E-state index in [0.717, 1.165) is 31.6 Å². The molecule has 0 bridgehead atoms. The molecule has 0 aliphatic carbocycles. The summed E-state index contributed by atoms with van der Waals surface area (Å²) in [7, 11) is 0. The number of aromatic nitrogens is 3. The van der Waals surface area contributed by atoms with Crippen molar-refractivity contribution < 1.29 is 9.90 Å². The molecule has 2 rings (SSSR count). The lowest BCUT2D eigenvalue weighted by Gasteiger charge is -2.31. The Kier molecular flexibility index (Phi) is 4.86. The van der Waals surface area contributed by atoms with E-state index in [2.05, 4.69) is 15.6 Å². The molecule has 2 heterocycles. The van der Waals surface area contributed by atoms with Crippen LogP contribution in [-0.4, -0.2) is 56.6 Å². The standard InChI is InChI=1S/C12H21N5O2/c1-10(19)16-4-2-11(3-5-16)13-8-12-9-17(6-7-18)15-14-12/h9,11,13,18H,2-8H2,1H3. The Labute approximate surface area is 112 Å². The van der Waals surface area contributed by atoms with Crippen LogP contribution >= 0.6 is 0 Å². The number of piperidine rings is 1. The van der Waals surface area contributed by atoms with Gasteiger partial charge in [-0.25, -0.2) is 4.68 Å². The minimum atomic E-state index is 0.0692. The number of hydrogen-bond donors (Lipinski definition) is 2. The van der Waals surface area contributed by atoms with Crippen molar-refractivity contribution in [1.29, 1.82) is 0 Å². The number of aliphatic hydroxyl groups excluding tert-OH is 1. The highest BCUT2D eigenvalue weighted by molar-refractivity contribution is 5.73. The van der Waals surface area contributed by atoms with Gasteiger partial charge in [0, 0.05) is 38.8 Å². The fraction of sp³-hybridized carbons (Fsp3) is 0.750. The number of likely N-dealkylation sites (tertiary alicyclic amines) is 1. The van der Waals surface area contributed by atoms with E-state index in [1.54, 1.807) is 11.6 Å². The van der Waals surface area contributed by atoms with Crippen LogP contribution in [0.1, 0.15) is 25.5 Å². The summed E-state index contributed by atoms with van der Waals surface area (Å²) < 4.78 is 1.63. The zero-order chi connectivity index (χ0) is 13.7. The third-order valence-electron chi connectivity index (χ3n) is 3.43. The molecule has 1 saturated heterocycles. The molecule has 1 fully saturated rings. The van der Waals surface area contributed by atoms with Crippen LogP contribution in [0.3, 0.4) is 0 Å². The second-order valence-electron chi connectivity index (χ2n) is 4.86. The highest BCUT2D eigenvalue weighted by atomic mass is 16.3. The number of nitrogens with zero attached hydrogens (tertiary/aromatic N) is 4. The highest BCUT2D eigenvalue weighted by Crippen LogP contribution is 2.10. The average molecular weight is 267 g/mol. The van der Waals surface area contributed by atoms with Gasteiger partial charge in [-0.2, -0.15) is 0 Å². The number of hydrogen-bond acceptors (Lipinski definition) is 5. The van der Waals surface area contributed by atoms with Crippen LogP contribution in [0, 0.1) is 0 Å². The molecule has 1 amide bonds. The summed E-state index contributed by atoms with van der Waals surface area (Å²) in [6.45, 7) is 4.49. The van der Waals surface area contributed by atoms with Gasteiger partial charge in [-0.1, -0.05) is 5.21 Å². The Morgan fingerprint density at radius 3 is 2.89 bits per heavy atom. The molecule has 7 nitrogen and oxygen atoms in total. The first-order chi connectivity index (χ1) is 9.19. The molecule has 0 spiro atoms. The molecule has 0 atom stereocenters. The monoisotopic (exact) mass is 267 g/mol. The summed E-state index contributed by atoms with van der Waals surface area (Å²) in [5.74, 6) is 0.158. The van der Waals surface area contributed by atoms with E-state index in [-0.39, 0.29) is 12.5 Å². The number of carbonyl (C=O) groups excluding carboxylic acids is 1. The second-order valence-corrected chi connectivity index (χ2v) is 4.86. The fourth-order valence-electron chi connectivity index (χ4n) is 2.28.